The summed E-state index contributed by atoms with van der Waals surface area (Å²) in [6.07, 6.45) is 9.23. The summed E-state index contributed by atoms with van der Waals surface area (Å²) in [7, 11) is 0. The first-order chi connectivity index (χ1) is 7.74. The van der Waals surface area contributed by atoms with E-state index in [1.54, 1.807) is 0 Å². The summed E-state index contributed by atoms with van der Waals surface area (Å²) in [6.45, 7) is 2.11. The molecule has 0 bridgehead atoms. The number of hydrogen-bond acceptors (Lipinski definition) is 1. The number of aliphatic hydroxyl groups excluding tert-OH is 1. The van der Waals surface area contributed by atoms with Crippen LogP contribution in [0.5, 0.6) is 0 Å². The van der Waals surface area contributed by atoms with Crippen LogP contribution in [0.3, 0.4) is 0 Å². The maximum Gasteiger partial charge on any atom is 0.0543 e. The largest absolute Gasteiger partial charge is 0.393 e. The van der Waals surface area contributed by atoms with Gasteiger partial charge in [-0.2, -0.15) is 0 Å². The van der Waals surface area contributed by atoms with Gasteiger partial charge in [-0.1, -0.05) is 24.3 Å². The van der Waals surface area contributed by atoms with Crippen molar-refractivity contribution < 1.29 is 5.11 Å². The molecule has 0 aliphatic heterocycles. The molecule has 0 saturated heterocycles. The van der Waals surface area contributed by atoms with Crippen LogP contribution in [0, 0.1) is 19.3 Å². The Morgan fingerprint density at radius 2 is 2.06 bits per heavy atom. The van der Waals surface area contributed by atoms with Gasteiger partial charge in [0, 0.05) is 6.42 Å². The van der Waals surface area contributed by atoms with Crippen molar-refractivity contribution in [3.05, 3.63) is 35.4 Å². The number of aryl methyl sites for hydroxylation is 2. The average molecular weight is 216 g/mol. The minimum Gasteiger partial charge on any atom is -0.393 e. The minimum atomic E-state index is -0.215. The van der Waals surface area contributed by atoms with Crippen LogP contribution in [0.15, 0.2) is 24.3 Å². The van der Waals surface area contributed by atoms with Crippen LogP contribution in [0.1, 0.15) is 36.8 Å². The van der Waals surface area contributed by atoms with Crippen molar-refractivity contribution in [3.8, 4) is 12.3 Å². The van der Waals surface area contributed by atoms with Gasteiger partial charge >= 0.3 is 0 Å². The third kappa shape index (κ3) is 4.51. The molecule has 1 nitrogen and oxygen atoms in total. The Bertz CT molecular complexity index is 349. The zero-order valence-corrected chi connectivity index (χ0v) is 9.95. The van der Waals surface area contributed by atoms with Crippen LogP contribution in [-0.2, 0) is 6.42 Å². The first-order valence-corrected chi connectivity index (χ1v) is 5.90. The molecule has 0 spiro atoms. The summed E-state index contributed by atoms with van der Waals surface area (Å²) in [5.41, 5.74) is 2.64. The van der Waals surface area contributed by atoms with E-state index in [1.807, 2.05) is 12.1 Å². The molecule has 1 N–H and O–H groups in total. The minimum absolute atomic E-state index is 0.215. The summed E-state index contributed by atoms with van der Waals surface area (Å²) < 4.78 is 0. The van der Waals surface area contributed by atoms with Gasteiger partial charge in [-0.05, 0) is 43.7 Å². The second-order valence-electron chi connectivity index (χ2n) is 4.22. The van der Waals surface area contributed by atoms with E-state index < -0.39 is 0 Å². The smallest absolute Gasteiger partial charge is 0.0543 e. The quantitative estimate of drug-likeness (QED) is 0.572. The van der Waals surface area contributed by atoms with Crippen molar-refractivity contribution in [1.29, 1.82) is 0 Å². The fraction of sp³-hybridized carbons (Fsp3) is 0.467. The maximum absolute atomic E-state index is 9.76. The Hall–Kier alpha value is -1.26. The molecule has 0 aliphatic carbocycles. The molecule has 1 aromatic rings. The molecule has 1 atom stereocenters. The van der Waals surface area contributed by atoms with Gasteiger partial charge in [-0.3, -0.25) is 0 Å². The lowest BCUT2D eigenvalue weighted by Crippen LogP contribution is -2.08. The second-order valence-corrected chi connectivity index (χ2v) is 4.22. The zero-order chi connectivity index (χ0) is 11.8. The van der Waals surface area contributed by atoms with E-state index in [1.165, 1.54) is 11.1 Å². The Morgan fingerprint density at radius 3 is 2.75 bits per heavy atom. The summed E-state index contributed by atoms with van der Waals surface area (Å²) >= 11 is 0. The lowest BCUT2D eigenvalue weighted by molar-refractivity contribution is 0.153. The number of rotatable bonds is 6. The molecular weight excluding hydrogens is 196 g/mol. The zero-order valence-electron chi connectivity index (χ0n) is 9.95. The van der Waals surface area contributed by atoms with Gasteiger partial charge in [0.2, 0.25) is 0 Å². The Morgan fingerprint density at radius 1 is 1.31 bits per heavy atom. The van der Waals surface area contributed by atoms with Crippen molar-refractivity contribution in [2.45, 2.75) is 45.1 Å². The van der Waals surface area contributed by atoms with Crippen LogP contribution in [-0.4, -0.2) is 11.2 Å². The van der Waals surface area contributed by atoms with Crippen molar-refractivity contribution >= 4 is 0 Å². The highest BCUT2D eigenvalue weighted by molar-refractivity contribution is 5.25. The predicted molar refractivity (Wildman–Crippen MR) is 68.2 cm³/mol. The van der Waals surface area contributed by atoms with E-state index in [9.17, 15) is 5.11 Å². The normalized spacial score (nSPS) is 12.1. The third-order valence-electron chi connectivity index (χ3n) is 2.87. The highest BCUT2D eigenvalue weighted by atomic mass is 16.3. The first-order valence-electron chi connectivity index (χ1n) is 5.90. The highest BCUT2D eigenvalue weighted by Gasteiger charge is 2.05. The molecule has 0 aliphatic rings. The number of terminal acetylenes is 1. The van der Waals surface area contributed by atoms with Gasteiger partial charge in [-0.15, -0.1) is 12.3 Å². The van der Waals surface area contributed by atoms with E-state index in [2.05, 4.69) is 25.0 Å². The monoisotopic (exact) mass is 216 g/mol. The van der Waals surface area contributed by atoms with Gasteiger partial charge in [0.25, 0.3) is 0 Å². The van der Waals surface area contributed by atoms with E-state index in [-0.39, 0.29) is 6.10 Å². The molecule has 0 fully saturated rings. The number of unbranched alkanes of at least 4 members (excludes halogenated alkanes) is 1. The average Bonchev–Trinajstić information content (AvgIpc) is 2.28. The van der Waals surface area contributed by atoms with E-state index in [0.29, 0.717) is 0 Å². The fourth-order valence-electron chi connectivity index (χ4n) is 1.80. The van der Waals surface area contributed by atoms with Crippen LogP contribution in [0.4, 0.5) is 0 Å². The fourth-order valence-corrected chi connectivity index (χ4v) is 1.80. The van der Waals surface area contributed by atoms with E-state index in [4.69, 9.17) is 6.42 Å². The molecule has 86 valence electrons. The molecule has 0 heterocycles. The first kappa shape index (κ1) is 12.8. The molecule has 1 heteroatoms. The molecule has 0 saturated carbocycles. The summed E-state index contributed by atoms with van der Waals surface area (Å²) in [4.78, 5) is 0. The Labute approximate surface area is 98.5 Å². The molecular formula is C15H20O. The molecule has 1 rings (SSSR count). The summed E-state index contributed by atoms with van der Waals surface area (Å²) in [5, 5.41) is 9.76. The SMILES string of the molecule is C#CCCCC(O)CCc1ccccc1C. The van der Waals surface area contributed by atoms with E-state index in [0.717, 1.165) is 32.1 Å². The van der Waals surface area contributed by atoms with Gasteiger partial charge < -0.3 is 5.11 Å². The summed E-state index contributed by atoms with van der Waals surface area (Å²) in [6, 6.07) is 8.33. The van der Waals surface area contributed by atoms with Gasteiger partial charge in [0.1, 0.15) is 0 Å². The standard InChI is InChI=1S/C15H20O/c1-3-4-5-10-15(16)12-11-14-9-7-6-8-13(14)2/h1,6-9,15-16H,4-5,10-12H2,2H3. The Balaban J connectivity index is 2.29. The van der Waals surface area contributed by atoms with Gasteiger partial charge in [0.15, 0.2) is 0 Å². The lowest BCUT2D eigenvalue weighted by atomic mass is 10.00. The van der Waals surface area contributed by atoms with E-state index >= 15 is 0 Å². The molecule has 1 unspecified atom stereocenters. The third-order valence-corrected chi connectivity index (χ3v) is 2.87. The molecule has 0 radical (unpaired) electrons. The summed E-state index contributed by atoms with van der Waals surface area (Å²) in [5.74, 6) is 2.59. The van der Waals surface area contributed by atoms with Crippen molar-refractivity contribution in [2.75, 3.05) is 0 Å². The maximum atomic E-state index is 9.76. The van der Waals surface area contributed by atoms with Crippen molar-refractivity contribution in [3.63, 3.8) is 0 Å². The van der Waals surface area contributed by atoms with Crippen LogP contribution in [0.2, 0.25) is 0 Å². The molecule has 0 aromatic heterocycles. The van der Waals surface area contributed by atoms with Gasteiger partial charge in [-0.25, -0.2) is 0 Å². The number of benzene rings is 1. The second kappa shape index (κ2) is 7.09. The Kier molecular flexibility index (Phi) is 5.67. The van der Waals surface area contributed by atoms with Crippen LogP contribution < -0.4 is 0 Å². The van der Waals surface area contributed by atoms with Crippen LogP contribution >= 0.6 is 0 Å². The van der Waals surface area contributed by atoms with Crippen molar-refractivity contribution in [2.24, 2.45) is 0 Å². The van der Waals surface area contributed by atoms with Gasteiger partial charge in [0.05, 0.1) is 6.10 Å². The molecule has 16 heavy (non-hydrogen) atoms. The van der Waals surface area contributed by atoms with Crippen LogP contribution in [0.25, 0.3) is 0 Å². The number of aliphatic hydroxyl groups is 1. The lowest BCUT2D eigenvalue weighted by Gasteiger charge is -2.10. The van der Waals surface area contributed by atoms with Crippen molar-refractivity contribution in [1.82, 2.24) is 0 Å². The molecule has 1 aromatic carbocycles. The topological polar surface area (TPSA) is 20.2 Å². The highest BCUT2D eigenvalue weighted by Crippen LogP contribution is 2.13. The predicted octanol–water partition coefficient (Wildman–Crippen LogP) is 3.09. The number of hydrogen-bond donors (Lipinski definition) is 1. The molecule has 0 amide bonds.